The van der Waals surface area contributed by atoms with Gasteiger partial charge in [-0.1, -0.05) is 17.7 Å². The van der Waals surface area contributed by atoms with E-state index in [1.54, 1.807) is 24.5 Å². The van der Waals surface area contributed by atoms with Crippen LogP contribution < -0.4 is 10.0 Å². The third-order valence-electron chi connectivity index (χ3n) is 4.36. The van der Waals surface area contributed by atoms with E-state index in [4.69, 9.17) is 11.6 Å². The SMILES string of the molecule is CC(NC(=O)c1ccc(Cl)c(S(=O)(=O)NCc2cccnc2)c1)C1CC1. The molecule has 0 aliphatic heterocycles. The number of hydrogen-bond donors (Lipinski definition) is 2. The molecule has 1 aromatic heterocycles. The highest BCUT2D eigenvalue weighted by Gasteiger charge is 2.29. The fourth-order valence-corrected chi connectivity index (χ4v) is 4.15. The number of hydrogen-bond acceptors (Lipinski definition) is 4. The van der Waals surface area contributed by atoms with Gasteiger partial charge in [0.15, 0.2) is 0 Å². The van der Waals surface area contributed by atoms with Crippen molar-refractivity contribution in [3.63, 3.8) is 0 Å². The Kier molecular flexibility index (Phi) is 5.60. The first kappa shape index (κ1) is 18.8. The summed E-state index contributed by atoms with van der Waals surface area (Å²) in [5.74, 6) is 0.209. The molecule has 0 saturated heterocycles. The van der Waals surface area contributed by atoms with Crippen LogP contribution in [0.15, 0.2) is 47.6 Å². The average molecular weight is 394 g/mol. The summed E-state index contributed by atoms with van der Waals surface area (Å²) >= 11 is 6.07. The number of carbonyl (C=O) groups is 1. The minimum absolute atomic E-state index is 0.0653. The van der Waals surface area contributed by atoms with Gasteiger partial charge in [0.05, 0.1) is 5.02 Å². The predicted octanol–water partition coefficient (Wildman–Crippen LogP) is 2.74. The Labute approximate surface area is 158 Å². The first-order valence-electron chi connectivity index (χ1n) is 8.36. The van der Waals surface area contributed by atoms with E-state index in [9.17, 15) is 13.2 Å². The van der Waals surface area contributed by atoms with Crippen LogP contribution in [0.25, 0.3) is 0 Å². The molecule has 138 valence electrons. The van der Waals surface area contributed by atoms with Crippen molar-refractivity contribution in [2.45, 2.75) is 37.2 Å². The summed E-state index contributed by atoms with van der Waals surface area (Å²) < 4.78 is 27.7. The van der Waals surface area contributed by atoms with Crippen LogP contribution >= 0.6 is 11.6 Å². The van der Waals surface area contributed by atoms with Gasteiger partial charge in [-0.3, -0.25) is 9.78 Å². The minimum Gasteiger partial charge on any atom is -0.349 e. The lowest BCUT2D eigenvalue weighted by molar-refractivity contribution is 0.0935. The van der Waals surface area contributed by atoms with Gasteiger partial charge in [0, 0.05) is 30.5 Å². The zero-order chi connectivity index (χ0) is 18.7. The van der Waals surface area contributed by atoms with Crippen LogP contribution in [0.3, 0.4) is 0 Å². The lowest BCUT2D eigenvalue weighted by Gasteiger charge is -2.14. The van der Waals surface area contributed by atoms with Crippen LogP contribution in [0.2, 0.25) is 5.02 Å². The van der Waals surface area contributed by atoms with Crippen LogP contribution in [0, 0.1) is 5.92 Å². The average Bonchev–Trinajstić information content (AvgIpc) is 3.46. The summed E-state index contributed by atoms with van der Waals surface area (Å²) in [6.45, 7) is 2.04. The number of pyridine rings is 1. The van der Waals surface area contributed by atoms with Gasteiger partial charge >= 0.3 is 0 Å². The maximum atomic E-state index is 12.6. The Morgan fingerprint density at radius 3 is 2.77 bits per heavy atom. The summed E-state index contributed by atoms with van der Waals surface area (Å²) in [4.78, 5) is 16.2. The highest BCUT2D eigenvalue weighted by molar-refractivity contribution is 7.89. The predicted molar refractivity (Wildman–Crippen MR) is 99.4 cm³/mol. The van der Waals surface area contributed by atoms with E-state index in [1.165, 1.54) is 18.2 Å². The molecule has 1 aliphatic rings. The molecule has 8 heteroatoms. The molecule has 1 aromatic carbocycles. The fourth-order valence-electron chi connectivity index (χ4n) is 2.61. The molecular weight excluding hydrogens is 374 g/mol. The van der Waals surface area contributed by atoms with Crippen LogP contribution in [-0.2, 0) is 16.6 Å². The van der Waals surface area contributed by atoms with E-state index in [0.29, 0.717) is 5.92 Å². The van der Waals surface area contributed by atoms with Gasteiger partial charge in [-0.25, -0.2) is 13.1 Å². The molecule has 1 unspecified atom stereocenters. The summed E-state index contributed by atoms with van der Waals surface area (Å²) in [6, 6.07) is 7.82. The molecule has 2 aromatic rings. The second-order valence-electron chi connectivity index (χ2n) is 6.43. The van der Waals surface area contributed by atoms with Gasteiger partial charge < -0.3 is 5.32 Å². The largest absolute Gasteiger partial charge is 0.349 e. The van der Waals surface area contributed by atoms with Gasteiger partial charge in [-0.05, 0) is 55.5 Å². The van der Waals surface area contributed by atoms with Crippen molar-refractivity contribution in [1.29, 1.82) is 0 Å². The van der Waals surface area contributed by atoms with E-state index < -0.39 is 10.0 Å². The molecule has 6 nitrogen and oxygen atoms in total. The smallest absolute Gasteiger partial charge is 0.251 e. The molecule has 1 fully saturated rings. The van der Waals surface area contributed by atoms with Crippen molar-refractivity contribution in [1.82, 2.24) is 15.0 Å². The standard InChI is InChI=1S/C18H20ClN3O3S/c1-12(14-4-5-14)22-18(23)15-6-7-16(19)17(9-15)26(24,25)21-11-13-3-2-8-20-10-13/h2-3,6-10,12,14,21H,4-5,11H2,1H3,(H,22,23). The van der Waals surface area contributed by atoms with Crippen LogP contribution in [-0.4, -0.2) is 25.4 Å². The minimum atomic E-state index is -3.87. The molecule has 0 radical (unpaired) electrons. The number of benzene rings is 1. The number of nitrogens with one attached hydrogen (secondary N) is 2. The maximum Gasteiger partial charge on any atom is 0.251 e. The summed E-state index contributed by atoms with van der Waals surface area (Å²) in [6.07, 6.45) is 5.41. The summed E-state index contributed by atoms with van der Waals surface area (Å²) in [5.41, 5.74) is 0.989. The maximum absolute atomic E-state index is 12.6. The zero-order valence-corrected chi connectivity index (χ0v) is 15.8. The number of aromatic nitrogens is 1. The molecule has 1 aliphatic carbocycles. The molecule has 0 spiro atoms. The lowest BCUT2D eigenvalue weighted by Crippen LogP contribution is -2.34. The second kappa shape index (κ2) is 7.73. The summed E-state index contributed by atoms with van der Waals surface area (Å²) in [5, 5.41) is 2.97. The second-order valence-corrected chi connectivity index (χ2v) is 8.57. The number of sulfonamides is 1. The third kappa shape index (κ3) is 4.60. The van der Waals surface area contributed by atoms with Crippen LogP contribution in [0.4, 0.5) is 0 Å². The molecule has 2 N–H and O–H groups in total. The van der Waals surface area contributed by atoms with Crippen molar-refractivity contribution >= 4 is 27.5 Å². The molecule has 1 saturated carbocycles. The van der Waals surface area contributed by atoms with Crippen molar-refractivity contribution in [3.8, 4) is 0 Å². The lowest BCUT2D eigenvalue weighted by atomic mass is 10.1. The van der Waals surface area contributed by atoms with Gasteiger partial charge in [0.1, 0.15) is 4.90 Å². The van der Waals surface area contributed by atoms with E-state index in [2.05, 4.69) is 15.0 Å². The Balaban J connectivity index is 1.76. The molecule has 1 atom stereocenters. The summed E-state index contributed by atoms with van der Waals surface area (Å²) in [7, 11) is -3.87. The molecule has 26 heavy (non-hydrogen) atoms. The topological polar surface area (TPSA) is 88.2 Å². The van der Waals surface area contributed by atoms with E-state index in [-0.39, 0.29) is 34.0 Å². The Morgan fingerprint density at radius 1 is 1.35 bits per heavy atom. The highest BCUT2D eigenvalue weighted by atomic mass is 35.5. The number of rotatable bonds is 7. The van der Waals surface area contributed by atoms with Crippen molar-refractivity contribution < 1.29 is 13.2 Å². The van der Waals surface area contributed by atoms with Gasteiger partial charge in [0.25, 0.3) is 5.91 Å². The van der Waals surface area contributed by atoms with Gasteiger partial charge in [-0.15, -0.1) is 0 Å². The molecule has 3 rings (SSSR count). The van der Waals surface area contributed by atoms with Gasteiger partial charge in [0.2, 0.25) is 10.0 Å². The highest BCUT2D eigenvalue weighted by Crippen LogP contribution is 2.32. The van der Waals surface area contributed by atoms with E-state index in [1.807, 2.05) is 6.92 Å². The first-order valence-corrected chi connectivity index (χ1v) is 10.2. The molecule has 1 amide bonds. The van der Waals surface area contributed by atoms with Gasteiger partial charge in [-0.2, -0.15) is 0 Å². The quantitative estimate of drug-likeness (QED) is 0.757. The normalized spacial score (nSPS) is 15.5. The monoisotopic (exact) mass is 393 g/mol. The molecular formula is C18H20ClN3O3S. The van der Waals surface area contributed by atoms with Crippen molar-refractivity contribution in [3.05, 3.63) is 58.9 Å². The Bertz CT molecular complexity index is 899. The Morgan fingerprint density at radius 2 is 2.12 bits per heavy atom. The fraction of sp³-hybridized carbons (Fsp3) is 0.333. The molecule has 0 bridgehead atoms. The number of nitrogens with zero attached hydrogens (tertiary/aromatic N) is 1. The first-order chi connectivity index (χ1) is 12.4. The number of amides is 1. The van der Waals surface area contributed by atoms with Crippen molar-refractivity contribution in [2.24, 2.45) is 5.92 Å². The van der Waals surface area contributed by atoms with E-state index in [0.717, 1.165) is 18.4 Å². The van der Waals surface area contributed by atoms with Crippen LogP contribution in [0.1, 0.15) is 35.7 Å². The van der Waals surface area contributed by atoms with E-state index >= 15 is 0 Å². The number of carbonyl (C=O) groups excluding carboxylic acids is 1. The van der Waals surface area contributed by atoms with Crippen molar-refractivity contribution in [2.75, 3.05) is 0 Å². The third-order valence-corrected chi connectivity index (χ3v) is 6.24. The number of halogens is 1. The van der Waals surface area contributed by atoms with Crippen LogP contribution in [0.5, 0.6) is 0 Å². The zero-order valence-electron chi connectivity index (χ0n) is 14.3. The molecule has 1 heterocycles. The Hall–Kier alpha value is -1.96.